The van der Waals surface area contributed by atoms with E-state index in [-0.39, 0.29) is 0 Å². The minimum atomic E-state index is 0.486. The minimum absolute atomic E-state index is 0.486. The van der Waals surface area contributed by atoms with E-state index >= 15 is 0 Å². The molecule has 1 saturated heterocycles. The number of hydrogen-bond donors (Lipinski definition) is 1. The number of ether oxygens (including phenoxy) is 1. The fourth-order valence-electron chi connectivity index (χ4n) is 3.76. The third-order valence-electron chi connectivity index (χ3n) is 5.29. The number of benzene rings is 2. The first-order chi connectivity index (χ1) is 13.9. The van der Waals surface area contributed by atoms with E-state index in [4.69, 9.17) is 4.74 Å². The Morgan fingerprint density at radius 3 is 2.68 bits per heavy atom. The predicted octanol–water partition coefficient (Wildman–Crippen LogP) is 4.82. The van der Waals surface area contributed by atoms with Crippen molar-refractivity contribution in [2.24, 2.45) is 0 Å². The van der Waals surface area contributed by atoms with Gasteiger partial charge >= 0.3 is 0 Å². The summed E-state index contributed by atoms with van der Waals surface area (Å²) >= 11 is 0. The van der Waals surface area contributed by atoms with Crippen LogP contribution in [0.15, 0.2) is 73.2 Å². The monoisotopic (exact) mass is 370 g/mol. The van der Waals surface area contributed by atoms with Crippen molar-refractivity contribution >= 4 is 10.9 Å². The molecule has 0 bridgehead atoms. The lowest BCUT2D eigenvalue weighted by atomic mass is 10.1. The Hall–Kier alpha value is -3.18. The highest BCUT2D eigenvalue weighted by Gasteiger charge is 2.16. The predicted molar refractivity (Wildman–Crippen MR) is 111 cm³/mol. The van der Waals surface area contributed by atoms with E-state index in [2.05, 4.69) is 44.5 Å². The van der Waals surface area contributed by atoms with Crippen LogP contribution in [-0.2, 0) is 0 Å². The van der Waals surface area contributed by atoms with Crippen LogP contribution in [0, 0.1) is 0 Å². The van der Waals surface area contributed by atoms with Crippen LogP contribution in [0.2, 0.25) is 0 Å². The number of fused-ring (bicyclic) bond motifs is 1. The van der Waals surface area contributed by atoms with E-state index in [0.29, 0.717) is 6.04 Å². The maximum Gasteiger partial charge on any atom is 0.138 e. The maximum atomic E-state index is 6.06. The van der Waals surface area contributed by atoms with Crippen LogP contribution in [0.1, 0.15) is 18.9 Å². The number of piperidine rings is 1. The van der Waals surface area contributed by atoms with E-state index in [0.717, 1.165) is 59.5 Å². The summed E-state index contributed by atoms with van der Waals surface area (Å²) < 4.78 is 8.17. The molecule has 0 saturated carbocycles. The third-order valence-corrected chi connectivity index (χ3v) is 5.29. The van der Waals surface area contributed by atoms with Gasteiger partial charge in [0.1, 0.15) is 11.5 Å². The minimum Gasteiger partial charge on any atom is -0.457 e. The van der Waals surface area contributed by atoms with Crippen LogP contribution >= 0.6 is 0 Å². The van der Waals surface area contributed by atoms with Gasteiger partial charge in [0, 0.05) is 23.3 Å². The van der Waals surface area contributed by atoms with Crippen LogP contribution < -0.4 is 10.1 Å². The average Bonchev–Trinajstić information content (AvgIpc) is 3.25. The number of hydrogen-bond acceptors (Lipinski definition) is 4. The summed E-state index contributed by atoms with van der Waals surface area (Å²) in [6, 6.07) is 18.5. The summed E-state index contributed by atoms with van der Waals surface area (Å²) in [5.74, 6) is 1.63. The van der Waals surface area contributed by atoms with Crippen LogP contribution in [0.25, 0.3) is 22.0 Å². The van der Waals surface area contributed by atoms with Gasteiger partial charge in [-0.2, -0.15) is 5.10 Å². The molecule has 0 atom stereocenters. The lowest BCUT2D eigenvalue weighted by Gasteiger charge is -2.22. The van der Waals surface area contributed by atoms with E-state index in [9.17, 15) is 0 Å². The summed E-state index contributed by atoms with van der Waals surface area (Å²) in [5, 5.41) is 9.02. The fourth-order valence-corrected chi connectivity index (χ4v) is 3.76. The number of nitrogens with one attached hydrogen (secondary N) is 1. The summed E-state index contributed by atoms with van der Waals surface area (Å²) in [5.41, 5.74) is 3.16. The van der Waals surface area contributed by atoms with Gasteiger partial charge in [-0.3, -0.25) is 9.67 Å². The summed E-state index contributed by atoms with van der Waals surface area (Å²) in [4.78, 5) is 4.55. The Morgan fingerprint density at radius 2 is 1.82 bits per heavy atom. The number of rotatable bonds is 4. The van der Waals surface area contributed by atoms with Crippen LogP contribution in [-0.4, -0.2) is 27.9 Å². The SMILES string of the molecule is c1ccc(Oc2ccnc3cc(-c4cnn(C5CCNCC5)c4)ccc23)cc1. The Kier molecular flexibility index (Phi) is 4.51. The van der Waals surface area contributed by atoms with Gasteiger partial charge in [-0.05, 0) is 61.8 Å². The zero-order valence-corrected chi connectivity index (χ0v) is 15.6. The second-order valence-corrected chi connectivity index (χ2v) is 7.15. The molecule has 1 aliphatic heterocycles. The molecular formula is C23H22N4O. The van der Waals surface area contributed by atoms with Gasteiger partial charge in [-0.1, -0.05) is 24.3 Å². The standard InChI is InChI=1S/C23H22N4O/c1-2-4-20(5-3-1)28-23-10-13-25-22-14-17(6-7-21(22)23)18-15-26-27(16-18)19-8-11-24-12-9-19/h1-7,10,13-16,19,24H,8-9,11-12H2. The first-order valence-electron chi connectivity index (χ1n) is 9.74. The topological polar surface area (TPSA) is 52.0 Å². The maximum absolute atomic E-state index is 6.06. The van der Waals surface area contributed by atoms with Crippen molar-refractivity contribution in [3.8, 4) is 22.6 Å². The van der Waals surface area contributed by atoms with Crippen LogP contribution in [0.5, 0.6) is 11.5 Å². The highest BCUT2D eigenvalue weighted by Crippen LogP contribution is 2.32. The first kappa shape index (κ1) is 17.0. The van der Waals surface area contributed by atoms with Gasteiger partial charge in [-0.25, -0.2) is 0 Å². The Morgan fingerprint density at radius 1 is 0.964 bits per heavy atom. The highest BCUT2D eigenvalue weighted by atomic mass is 16.5. The van der Waals surface area contributed by atoms with Gasteiger partial charge in [0.25, 0.3) is 0 Å². The molecule has 28 heavy (non-hydrogen) atoms. The lowest BCUT2D eigenvalue weighted by molar-refractivity contribution is 0.343. The van der Waals surface area contributed by atoms with Gasteiger partial charge < -0.3 is 10.1 Å². The largest absolute Gasteiger partial charge is 0.457 e. The molecule has 1 aliphatic rings. The molecule has 5 nitrogen and oxygen atoms in total. The van der Waals surface area contributed by atoms with Crippen molar-refractivity contribution < 1.29 is 4.74 Å². The third kappa shape index (κ3) is 3.37. The second kappa shape index (κ2) is 7.44. The fraction of sp³-hybridized carbons (Fsp3) is 0.217. The van der Waals surface area contributed by atoms with Crippen molar-refractivity contribution in [3.63, 3.8) is 0 Å². The summed E-state index contributed by atoms with van der Waals surface area (Å²) in [6.07, 6.45) is 8.15. The van der Waals surface area contributed by atoms with Crippen molar-refractivity contribution in [1.29, 1.82) is 0 Å². The highest BCUT2D eigenvalue weighted by molar-refractivity contribution is 5.88. The van der Waals surface area contributed by atoms with E-state index < -0.39 is 0 Å². The Balaban J connectivity index is 1.45. The smallest absolute Gasteiger partial charge is 0.138 e. The van der Waals surface area contributed by atoms with E-state index in [1.54, 1.807) is 6.20 Å². The second-order valence-electron chi connectivity index (χ2n) is 7.15. The van der Waals surface area contributed by atoms with Crippen LogP contribution in [0.3, 0.4) is 0 Å². The van der Waals surface area contributed by atoms with Gasteiger partial charge in [0.15, 0.2) is 0 Å². The number of nitrogens with zero attached hydrogens (tertiary/aromatic N) is 3. The molecule has 2 aromatic heterocycles. The van der Waals surface area contributed by atoms with Crippen molar-refractivity contribution in [2.75, 3.05) is 13.1 Å². The van der Waals surface area contributed by atoms with E-state index in [1.807, 2.05) is 42.6 Å². The molecule has 1 N–H and O–H groups in total. The molecule has 0 radical (unpaired) electrons. The molecule has 5 heteroatoms. The van der Waals surface area contributed by atoms with Gasteiger partial charge in [-0.15, -0.1) is 0 Å². The number of aromatic nitrogens is 3. The molecule has 2 aromatic carbocycles. The molecular weight excluding hydrogens is 348 g/mol. The molecule has 0 spiro atoms. The quantitative estimate of drug-likeness (QED) is 0.560. The lowest BCUT2D eigenvalue weighted by Crippen LogP contribution is -2.29. The zero-order valence-electron chi connectivity index (χ0n) is 15.6. The van der Waals surface area contributed by atoms with Crippen molar-refractivity contribution in [3.05, 3.63) is 73.2 Å². The average molecular weight is 370 g/mol. The number of pyridine rings is 1. The Bertz CT molecular complexity index is 1080. The molecule has 140 valence electrons. The zero-order chi connectivity index (χ0) is 18.8. The molecule has 4 aromatic rings. The summed E-state index contributed by atoms with van der Waals surface area (Å²) in [7, 11) is 0. The van der Waals surface area contributed by atoms with Crippen molar-refractivity contribution in [2.45, 2.75) is 18.9 Å². The number of para-hydroxylation sites is 1. The molecule has 0 unspecified atom stereocenters. The molecule has 3 heterocycles. The Labute approximate surface area is 164 Å². The molecule has 5 rings (SSSR count). The summed E-state index contributed by atoms with van der Waals surface area (Å²) in [6.45, 7) is 2.12. The van der Waals surface area contributed by atoms with Crippen molar-refractivity contribution in [1.82, 2.24) is 20.1 Å². The van der Waals surface area contributed by atoms with Crippen LogP contribution in [0.4, 0.5) is 0 Å². The normalized spacial score (nSPS) is 15.0. The molecule has 0 amide bonds. The van der Waals surface area contributed by atoms with Gasteiger partial charge in [0.05, 0.1) is 17.8 Å². The van der Waals surface area contributed by atoms with E-state index in [1.165, 1.54) is 0 Å². The van der Waals surface area contributed by atoms with Gasteiger partial charge in [0.2, 0.25) is 0 Å². The molecule has 1 fully saturated rings. The molecule has 0 aliphatic carbocycles. The first-order valence-corrected chi connectivity index (χ1v) is 9.74.